The van der Waals surface area contributed by atoms with Gasteiger partial charge in [0.2, 0.25) is 10.0 Å². The van der Waals surface area contributed by atoms with Gasteiger partial charge < -0.3 is 10.8 Å². The van der Waals surface area contributed by atoms with Crippen molar-refractivity contribution in [2.45, 2.75) is 17.9 Å². The predicted molar refractivity (Wildman–Crippen MR) is 67.4 cm³/mol. The molecule has 5 nitrogen and oxygen atoms in total. The summed E-state index contributed by atoms with van der Waals surface area (Å²) in [5.74, 6) is 0. The number of nitrogens with two attached hydrogens (primary N) is 1. The van der Waals surface area contributed by atoms with E-state index in [2.05, 4.69) is 0 Å². The van der Waals surface area contributed by atoms with Crippen molar-refractivity contribution in [3.8, 4) is 0 Å². The average Bonchev–Trinajstić information content (AvgIpc) is 2.30. The van der Waals surface area contributed by atoms with E-state index in [1.807, 2.05) is 0 Å². The first-order valence-electron chi connectivity index (χ1n) is 4.94. The first-order chi connectivity index (χ1) is 7.80. The molecule has 0 heterocycles. The molecule has 1 aromatic rings. The molecule has 0 saturated carbocycles. The van der Waals surface area contributed by atoms with Gasteiger partial charge in [-0.3, -0.25) is 0 Å². The lowest BCUT2D eigenvalue weighted by Gasteiger charge is -2.23. The van der Waals surface area contributed by atoms with Gasteiger partial charge in [0.1, 0.15) is 4.90 Å². The minimum Gasteiger partial charge on any atom is -0.398 e. The Morgan fingerprint density at radius 2 is 2.12 bits per heavy atom. The number of hydrogen-bond acceptors (Lipinski definition) is 4. The van der Waals surface area contributed by atoms with Crippen molar-refractivity contribution in [1.82, 2.24) is 4.31 Å². The lowest BCUT2D eigenvalue weighted by Crippen LogP contribution is -2.37. The van der Waals surface area contributed by atoms with Crippen LogP contribution < -0.4 is 5.73 Å². The van der Waals surface area contributed by atoms with Crippen LogP contribution in [0.15, 0.2) is 23.1 Å². The van der Waals surface area contributed by atoms with E-state index in [-0.39, 0.29) is 17.2 Å². The minimum absolute atomic E-state index is 0.0483. The maximum atomic E-state index is 12.2. The average molecular weight is 279 g/mol. The van der Waals surface area contributed by atoms with Gasteiger partial charge in [0.05, 0.1) is 12.3 Å². The molecule has 0 aromatic heterocycles. The van der Waals surface area contributed by atoms with E-state index in [1.165, 1.54) is 25.2 Å². The van der Waals surface area contributed by atoms with Crippen LogP contribution in [0.1, 0.15) is 6.92 Å². The molecular weight excluding hydrogens is 264 g/mol. The Labute approximate surface area is 106 Å². The number of anilines is 1. The van der Waals surface area contributed by atoms with Gasteiger partial charge in [0.15, 0.2) is 0 Å². The third-order valence-electron chi connectivity index (χ3n) is 2.52. The summed E-state index contributed by atoms with van der Waals surface area (Å²) in [4.78, 5) is -0.0483. The van der Waals surface area contributed by atoms with E-state index in [9.17, 15) is 8.42 Å². The van der Waals surface area contributed by atoms with Gasteiger partial charge in [0.25, 0.3) is 0 Å². The third-order valence-corrected chi connectivity index (χ3v) is 4.78. The summed E-state index contributed by atoms with van der Waals surface area (Å²) in [5, 5.41) is 9.27. The van der Waals surface area contributed by atoms with Crippen molar-refractivity contribution in [3.05, 3.63) is 23.2 Å². The normalized spacial score (nSPS) is 13.9. The summed E-state index contributed by atoms with van der Waals surface area (Å²) < 4.78 is 25.4. The monoisotopic (exact) mass is 278 g/mol. The van der Waals surface area contributed by atoms with Gasteiger partial charge in [0, 0.05) is 18.1 Å². The predicted octanol–water partition coefficient (Wildman–Crippen LogP) is 0.924. The van der Waals surface area contributed by atoms with Crippen molar-refractivity contribution < 1.29 is 13.5 Å². The van der Waals surface area contributed by atoms with Crippen LogP contribution in [0.2, 0.25) is 5.02 Å². The van der Waals surface area contributed by atoms with Gasteiger partial charge in [-0.1, -0.05) is 11.6 Å². The molecule has 1 atom stereocenters. The Morgan fingerprint density at radius 3 is 2.65 bits per heavy atom. The maximum absolute atomic E-state index is 12.2. The fourth-order valence-corrected chi connectivity index (χ4v) is 2.97. The van der Waals surface area contributed by atoms with E-state index < -0.39 is 16.1 Å². The number of nitrogen functional groups attached to an aromatic ring is 1. The van der Waals surface area contributed by atoms with E-state index in [1.54, 1.807) is 6.92 Å². The molecule has 3 N–H and O–H groups in total. The third kappa shape index (κ3) is 2.90. The Balaban J connectivity index is 3.26. The summed E-state index contributed by atoms with van der Waals surface area (Å²) in [6.07, 6.45) is 0. The zero-order chi connectivity index (χ0) is 13.2. The Bertz CT molecular complexity index is 504. The van der Waals surface area contributed by atoms with E-state index in [0.717, 1.165) is 4.31 Å². The highest BCUT2D eigenvalue weighted by Crippen LogP contribution is 2.25. The number of aliphatic hydroxyl groups excluding tert-OH is 1. The molecular formula is C10H15ClN2O3S. The van der Waals surface area contributed by atoms with E-state index >= 15 is 0 Å². The molecule has 0 spiro atoms. The molecule has 0 aliphatic heterocycles. The molecule has 96 valence electrons. The van der Waals surface area contributed by atoms with Gasteiger partial charge in [-0.05, 0) is 25.1 Å². The second kappa shape index (κ2) is 5.22. The maximum Gasteiger partial charge on any atom is 0.245 e. The fourth-order valence-electron chi connectivity index (χ4n) is 1.24. The summed E-state index contributed by atoms with van der Waals surface area (Å²) in [6, 6.07) is 3.73. The van der Waals surface area contributed by atoms with Gasteiger partial charge >= 0.3 is 0 Å². The molecule has 0 saturated heterocycles. The number of hydrogen-bond donors (Lipinski definition) is 2. The van der Waals surface area contributed by atoms with Crippen LogP contribution in [0, 0.1) is 0 Å². The zero-order valence-corrected chi connectivity index (χ0v) is 11.2. The van der Waals surface area contributed by atoms with Crippen molar-refractivity contribution in [1.29, 1.82) is 0 Å². The summed E-state index contributed by atoms with van der Waals surface area (Å²) >= 11 is 5.75. The van der Waals surface area contributed by atoms with Crippen LogP contribution in [-0.4, -0.2) is 37.5 Å². The largest absolute Gasteiger partial charge is 0.398 e. The molecule has 0 amide bonds. The smallest absolute Gasteiger partial charge is 0.245 e. The Morgan fingerprint density at radius 1 is 1.53 bits per heavy atom. The molecule has 17 heavy (non-hydrogen) atoms. The van der Waals surface area contributed by atoms with Crippen LogP contribution in [-0.2, 0) is 10.0 Å². The van der Waals surface area contributed by atoms with Gasteiger partial charge in [-0.15, -0.1) is 0 Å². The molecule has 1 aromatic carbocycles. The number of sulfonamides is 1. The van der Waals surface area contributed by atoms with E-state index in [0.29, 0.717) is 5.02 Å². The van der Waals surface area contributed by atoms with Gasteiger partial charge in [-0.2, -0.15) is 4.31 Å². The number of halogens is 1. The highest BCUT2D eigenvalue weighted by Gasteiger charge is 2.27. The molecule has 0 fully saturated rings. The molecule has 0 bridgehead atoms. The molecule has 1 rings (SSSR count). The number of benzene rings is 1. The molecule has 0 aliphatic rings. The summed E-state index contributed by atoms with van der Waals surface area (Å²) in [5.41, 5.74) is 5.76. The number of nitrogens with zero attached hydrogens (tertiary/aromatic N) is 1. The van der Waals surface area contributed by atoms with Crippen LogP contribution in [0.3, 0.4) is 0 Å². The van der Waals surface area contributed by atoms with Gasteiger partial charge in [-0.25, -0.2) is 8.42 Å². The first-order valence-corrected chi connectivity index (χ1v) is 6.76. The zero-order valence-electron chi connectivity index (χ0n) is 9.59. The van der Waals surface area contributed by atoms with Crippen LogP contribution >= 0.6 is 11.6 Å². The summed E-state index contributed by atoms with van der Waals surface area (Å²) in [7, 11) is -2.35. The SMILES string of the molecule is CC(CO)N(C)S(=O)(=O)c1cc(Cl)ccc1N. The van der Waals surface area contributed by atoms with Crippen LogP contribution in [0.4, 0.5) is 5.69 Å². The van der Waals surface area contributed by atoms with E-state index in [4.69, 9.17) is 22.4 Å². The summed E-state index contributed by atoms with van der Waals surface area (Å²) in [6.45, 7) is 1.33. The number of likely N-dealkylation sites (N-methyl/N-ethyl adjacent to an activating group) is 1. The van der Waals surface area contributed by atoms with Crippen molar-refractivity contribution in [2.75, 3.05) is 19.4 Å². The first kappa shape index (κ1) is 14.2. The second-order valence-corrected chi connectivity index (χ2v) is 6.14. The molecule has 0 radical (unpaired) electrons. The second-order valence-electron chi connectivity index (χ2n) is 3.73. The highest BCUT2D eigenvalue weighted by atomic mass is 35.5. The van der Waals surface area contributed by atoms with Crippen molar-refractivity contribution >= 4 is 27.3 Å². The molecule has 1 unspecified atom stereocenters. The number of aliphatic hydroxyl groups is 1. The standard InChI is InChI=1S/C10H15ClN2O3S/c1-7(6-14)13(2)17(15,16)10-5-8(11)3-4-9(10)12/h3-5,7,14H,6,12H2,1-2H3. The lowest BCUT2D eigenvalue weighted by atomic mass is 10.3. The van der Waals surface area contributed by atoms with Crippen molar-refractivity contribution in [2.24, 2.45) is 0 Å². The topological polar surface area (TPSA) is 83.6 Å². The van der Waals surface area contributed by atoms with Crippen LogP contribution in [0.5, 0.6) is 0 Å². The fraction of sp³-hybridized carbons (Fsp3) is 0.400. The Kier molecular flexibility index (Phi) is 4.37. The highest BCUT2D eigenvalue weighted by molar-refractivity contribution is 7.89. The number of rotatable bonds is 4. The molecule has 7 heteroatoms. The van der Waals surface area contributed by atoms with Crippen LogP contribution in [0.25, 0.3) is 0 Å². The van der Waals surface area contributed by atoms with Crippen molar-refractivity contribution in [3.63, 3.8) is 0 Å². The minimum atomic E-state index is -3.74. The molecule has 0 aliphatic carbocycles. The Hall–Kier alpha value is -0.820. The quantitative estimate of drug-likeness (QED) is 0.803. The lowest BCUT2D eigenvalue weighted by molar-refractivity contribution is 0.214.